The standard InChI is InChI=1S/C23H17Cl2NO4/c24-19-10-9-13(11-20(19)25)21(22(27)28)26-23(29)30-12-18-16-7-3-1-5-14(16)15-6-2-4-8-17(15)18/h1-11,18,21H,12H2,(H,26,29)(H,27,28). The molecule has 0 heterocycles. The number of alkyl carbamates (subject to hydrolysis) is 1. The van der Waals surface area contributed by atoms with Crippen molar-refractivity contribution in [2.45, 2.75) is 12.0 Å². The zero-order chi connectivity index (χ0) is 21.3. The quantitative estimate of drug-likeness (QED) is 0.535. The molecule has 0 saturated carbocycles. The minimum Gasteiger partial charge on any atom is -0.479 e. The van der Waals surface area contributed by atoms with Crippen molar-refractivity contribution in [3.63, 3.8) is 0 Å². The lowest BCUT2D eigenvalue weighted by molar-refractivity contribution is -0.139. The predicted octanol–water partition coefficient (Wildman–Crippen LogP) is 5.66. The second-order valence-corrected chi connectivity index (χ2v) is 7.73. The molecule has 0 aliphatic heterocycles. The Balaban J connectivity index is 1.49. The molecule has 0 spiro atoms. The SMILES string of the molecule is O=C(NC(C(=O)O)c1ccc(Cl)c(Cl)c1)OCC1c2ccccc2-c2ccccc21. The van der Waals surface area contributed by atoms with E-state index in [0.29, 0.717) is 10.6 Å². The van der Waals surface area contributed by atoms with Crippen LogP contribution in [0.5, 0.6) is 0 Å². The van der Waals surface area contributed by atoms with Crippen molar-refractivity contribution in [1.82, 2.24) is 5.32 Å². The zero-order valence-electron chi connectivity index (χ0n) is 15.6. The summed E-state index contributed by atoms with van der Waals surface area (Å²) >= 11 is 11.9. The number of halogens is 2. The van der Waals surface area contributed by atoms with Crippen molar-refractivity contribution in [3.05, 3.63) is 93.5 Å². The van der Waals surface area contributed by atoms with Crippen LogP contribution in [0, 0.1) is 0 Å². The van der Waals surface area contributed by atoms with E-state index in [4.69, 9.17) is 27.9 Å². The molecule has 0 aromatic heterocycles. The monoisotopic (exact) mass is 441 g/mol. The Morgan fingerprint density at radius 3 is 2.10 bits per heavy atom. The predicted molar refractivity (Wildman–Crippen MR) is 115 cm³/mol. The van der Waals surface area contributed by atoms with Gasteiger partial charge >= 0.3 is 12.1 Å². The number of carbonyl (C=O) groups excluding carboxylic acids is 1. The maximum atomic E-state index is 12.4. The van der Waals surface area contributed by atoms with Crippen molar-refractivity contribution in [1.29, 1.82) is 0 Å². The van der Waals surface area contributed by atoms with Gasteiger partial charge in [0, 0.05) is 5.92 Å². The van der Waals surface area contributed by atoms with Gasteiger partial charge in [-0.15, -0.1) is 0 Å². The highest BCUT2D eigenvalue weighted by atomic mass is 35.5. The second kappa shape index (κ2) is 8.38. The smallest absolute Gasteiger partial charge is 0.408 e. The van der Waals surface area contributed by atoms with E-state index in [-0.39, 0.29) is 17.5 Å². The van der Waals surface area contributed by atoms with Crippen molar-refractivity contribution < 1.29 is 19.4 Å². The van der Waals surface area contributed by atoms with E-state index in [1.54, 1.807) is 0 Å². The van der Waals surface area contributed by atoms with Crippen LogP contribution in [0.15, 0.2) is 66.7 Å². The van der Waals surface area contributed by atoms with Crippen LogP contribution in [0.4, 0.5) is 4.79 Å². The second-order valence-electron chi connectivity index (χ2n) is 6.91. The molecule has 1 atom stereocenters. The first-order valence-corrected chi connectivity index (χ1v) is 10.0. The Kier molecular flexibility index (Phi) is 5.66. The third-order valence-corrected chi connectivity index (χ3v) is 5.87. The molecule has 0 fully saturated rings. The Hall–Kier alpha value is -3.02. The molecule has 30 heavy (non-hydrogen) atoms. The number of carboxylic acids is 1. The Labute approximate surface area is 183 Å². The van der Waals surface area contributed by atoms with Gasteiger partial charge in [-0.05, 0) is 39.9 Å². The third kappa shape index (κ3) is 3.86. The zero-order valence-corrected chi connectivity index (χ0v) is 17.2. The molecule has 0 bridgehead atoms. The van der Waals surface area contributed by atoms with Gasteiger partial charge < -0.3 is 15.2 Å². The number of hydrogen-bond donors (Lipinski definition) is 2. The highest BCUT2D eigenvalue weighted by molar-refractivity contribution is 6.42. The Morgan fingerprint density at radius 1 is 0.933 bits per heavy atom. The molecule has 4 rings (SSSR count). The van der Waals surface area contributed by atoms with Crippen LogP contribution in [0.25, 0.3) is 11.1 Å². The van der Waals surface area contributed by atoms with Gasteiger partial charge in [-0.3, -0.25) is 0 Å². The van der Waals surface area contributed by atoms with Crippen LogP contribution < -0.4 is 5.32 Å². The highest BCUT2D eigenvalue weighted by Crippen LogP contribution is 2.44. The van der Waals surface area contributed by atoms with Gasteiger partial charge in [0.1, 0.15) is 6.61 Å². The van der Waals surface area contributed by atoms with Crippen molar-refractivity contribution in [2.24, 2.45) is 0 Å². The summed E-state index contributed by atoms with van der Waals surface area (Å²) < 4.78 is 5.42. The molecule has 152 valence electrons. The van der Waals surface area contributed by atoms with E-state index in [0.717, 1.165) is 22.3 Å². The number of carbonyl (C=O) groups is 2. The van der Waals surface area contributed by atoms with Gasteiger partial charge in [-0.1, -0.05) is 77.8 Å². The molecule has 3 aromatic carbocycles. The number of fused-ring (bicyclic) bond motifs is 3. The first-order valence-electron chi connectivity index (χ1n) is 9.25. The van der Waals surface area contributed by atoms with E-state index in [2.05, 4.69) is 5.32 Å². The molecule has 1 aliphatic carbocycles. The highest BCUT2D eigenvalue weighted by Gasteiger charge is 2.30. The van der Waals surface area contributed by atoms with E-state index >= 15 is 0 Å². The third-order valence-electron chi connectivity index (χ3n) is 5.13. The molecule has 1 aliphatic rings. The molecule has 3 aromatic rings. The van der Waals surface area contributed by atoms with Crippen molar-refractivity contribution >= 4 is 35.3 Å². The number of ether oxygens (including phenoxy) is 1. The van der Waals surface area contributed by atoms with Crippen molar-refractivity contribution in [3.8, 4) is 11.1 Å². The average Bonchev–Trinajstić information content (AvgIpc) is 3.06. The van der Waals surface area contributed by atoms with Crippen LogP contribution in [0.2, 0.25) is 10.0 Å². The fourth-order valence-corrected chi connectivity index (χ4v) is 4.04. The van der Waals surface area contributed by atoms with Crippen LogP contribution in [0.3, 0.4) is 0 Å². The summed E-state index contributed by atoms with van der Waals surface area (Å²) in [5.41, 5.74) is 4.67. The van der Waals surface area contributed by atoms with Gasteiger partial charge in [-0.25, -0.2) is 9.59 Å². The molecule has 0 saturated heterocycles. The maximum Gasteiger partial charge on any atom is 0.408 e. The largest absolute Gasteiger partial charge is 0.479 e. The van der Waals surface area contributed by atoms with Crippen LogP contribution in [0.1, 0.15) is 28.7 Å². The number of carboxylic acid groups (broad SMARTS) is 1. The molecule has 2 N–H and O–H groups in total. The average molecular weight is 442 g/mol. The van der Waals surface area contributed by atoms with E-state index in [9.17, 15) is 14.7 Å². The minimum absolute atomic E-state index is 0.0908. The summed E-state index contributed by atoms with van der Waals surface area (Å²) in [6.45, 7) is 0.0908. The topological polar surface area (TPSA) is 75.6 Å². The minimum atomic E-state index is -1.31. The number of benzene rings is 3. The number of nitrogens with one attached hydrogen (secondary N) is 1. The molecule has 5 nitrogen and oxygen atoms in total. The number of amides is 1. The van der Waals surface area contributed by atoms with E-state index in [1.807, 2.05) is 48.5 Å². The fraction of sp³-hybridized carbons (Fsp3) is 0.130. The molecule has 1 unspecified atom stereocenters. The summed E-state index contributed by atoms with van der Waals surface area (Å²) in [5, 5.41) is 12.4. The molecule has 0 radical (unpaired) electrons. The van der Waals surface area contributed by atoms with Crippen LogP contribution >= 0.6 is 23.2 Å². The van der Waals surface area contributed by atoms with Crippen LogP contribution in [-0.2, 0) is 9.53 Å². The van der Waals surface area contributed by atoms with Crippen molar-refractivity contribution in [2.75, 3.05) is 6.61 Å². The summed E-state index contributed by atoms with van der Waals surface area (Å²) in [7, 11) is 0. The Morgan fingerprint density at radius 2 is 1.53 bits per heavy atom. The van der Waals surface area contributed by atoms with Gasteiger partial charge in [0.05, 0.1) is 10.0 Å². The normalized spacial score (nSPS) is 13.3. The number of rotatable bonds is 5. The summed E-state index contributed by atoms with van der Waals surface area (Å²) in [4.78, 5) is 24.1. The van der Waals surface area contributed by atoms with E-state index in [1.165, 1.54) is 18.2 Å². The lowest BCUT2D eigenvalue weighted by atomic mass is 9.98. The van der Waals surface area contributed by atoms with Gasteiger partial charge in [0.15, 0.2) is 6.04 Å². The van der Waals surface area contributed by atoms with Gasteiger partial charge in [0.2, 0.25) is 0 Å². The lowest BCUT2D eigenvalue weighted by Crippen LogP contribution is -2.34. The number of aliphatic carboxylic acids is 1. The summed E-state index contributed by atoms with van der Waals surface area (Å²) in [6.07, 6.45) is -0.824. The van der Waals surface area contributed by atoms with Gasteiger partial charge in [-0.2, -0.15) is 0 Å². The fourth-order valence-electron chi connectivity index (χ4n) is 3.74. The molecule has 1 amide bonds. The van der Waals surface area contributed by atoms with E-state index < -0.39 is 18.1 Å². The molecule has 7 heteroatoms. The summed E-state index contributed by atoms with van der Waals surface area (Å²) in [5.74, 6) is -1.35. The Bertz CT molecular complexity index is 1090. The van der Waals surface area contributed by atoms with Gasteiger partial charge in [0.25, 0.3) is 0 Å². The first-order chi connectivity index (χ1) is 14.5. The summed E-state index contributed by atoms with van der Waals surface area (Å²) in [6, 6.07) is 19.0. The first kappa shape index (κ1) is 20.3. The molecular formula is C23H17Cl2NO4. The molecular weight excluding hydrogens is 425 g/mol. The van der Waals surface area contributed by atoms with Crippen LogP contribution in [-0.4, -0.2) is 23.8 Å². The number of hydrogen-bond acceptors (Lipinski definition) is 3. The maximum absolute atomic E-state index is 12.4. The lowest BCUT2D eigenvalue weighted by Gasteiger charge is -2.18.